The summed E-state index contributed by atoms with van der Waals surface area (Å²) in [5.41, 5.74) is 3.52. The normalized spacial score (nSPS) is 18.3. The lowest BCUT2D eigenvalue weighted by molar-refractivity contribution is 0.0781. The maximum atomic E-state index is 12.7. The molecule has 2 aliphatic rings. The zero-order valence-corrected chi connectivity index (χ0v) is 23.5. The molecule has 1 N–H and O–H groups in total. The molecular formula is C29H42N2O4Si. The molecular weight excluding hydrogens is 468 g/mol. The lowest BCUT2D eigenvalue weighted by atomic mass is 9.74. The van der Waals surface area contributed by atoms with Crippen molar-refractivity contribution < 1.29 is 19.1 Å². The molecule has 2 aliphatic heterocycles. The van der Waals surface area contributed by atoms with E-state index in [2.05, 4.69) is 63.0 Å². The van der Waals surface area contributed by atoms with Crippen LogP contribution in [0.25, 0.3) is 0 Å². The number of fused-ring (bicyclic) bond motifs is 2. The number of rotatable bonds is 7. The molecule has 0 aromatic heterocycles. The molecule has 1 saturated heterocycles. The van der Waals surface area contributed by atoms with Crippen LogP contribution in [0.5, 0.6) is 0 Å². The van der Waals surface area contributed by atoms with E-state index in [9.17, 15) is 9.90 Å². The maximum absolute atomic E-state index is 12.7. The molecule has 1 fully saturated rings. The molecule has 1 spiro atoms. The van der Waals surface area contributed by atoms with E-state index in [0.717, 1.165) is 24.9 Å². The molecule has 1 amide bonds. The van der Waals surface area contributed by atoms with E-state index >= 15 is 0 Å². The van der Waals surface area contributed by atoms with E-state index in [1.165, 1.54) is 11.3 Å². The third kappa shape index (κ3) is 5.79. The number of aliphatic hydroxyl groups excluding tert-OH is 1. The summed E-state index contributed by atoms with van der Waals surface area (Å²) in [6.07, 6.45) is 0.986. The minimum Gasteiger partial charge on any atom is -0.445 e. The molecule has 7 heteroatoms. The number of hydrogen-bond donors (Lipinski definition) is 1. The van der Waals surface area contributed by atoms with Gasteiger partial charge in [-0.25, -0.2) is 4.79 Å². The van der Waals surface area contributed by atoms with Crippen molar-refractivity contribution in [3.05, 3.63) is 65.7 Å². The number of piperidine rings is 1. The molecule has 0 radical (unpaired) electrons. The van der Waals surface area contributed by atoms with Crippen LogP contribution < -0.4 is 4.90 Å². The summed E-state index contributed by atoms with van der Waals surface area (Å²) < 4.78 is 11.9. The van der Waals surface area contributed by atoms with Crippen molar-refractivity contribution in [2.45, 2.75) is 69.9 Å². The van der Waals surface area contributed by atoms with Crippen molar-refractivity contribution in [2.24, 2.45) is 0 Å². The number of para-hydroxylation sites is 1. The van der Waals surface area contributed by atoms with E-state index in [0.29, 0.717) is 32.8 Å². The number of amides is 1. The molecule has 0 aliphatic carbocycles. The minimum atomic E-state index is -1.91. The average molecular weight is 511 g/mol. The Morgan fingerprint density at radius 3 is 2.36 bits per heavy atom. The highest BCUT2D eigenvalue weighted by Crippen LogP contribution is 2.47. The van der Waals surface area contributed by atoms with Crippen LogP contribution in [0, 0.1) is 0 Å². The first kappa shape index (κ1) is 26.7. The van der Waals surface area contributed by atoms with Gasteiger partial charge in [-0.15, -0.1) is 0 Å². The smallest absolute Gasteiger partial charge is 0.410 e. The summed E-state index contributed by atoms with van der Waals surface area (Å²) in [4.78, 5) is 16.9. The summed E-state index contributed by atoms with van der Waals surface area (Å²) >= 11 is 0. The third-order valence-corrected chi connectivity index (χ3v) is 12.9. The van der Waals surface area contributed by atoms with Crippen molar-refractivity contribution >= 4 is 20.1 Å². The molecule has 0 unspecified atom stereocenters. The molecule has 2 heterocycles. The number of β-amino-alcohol motifs (C(OH)–C–C–N with tert-alkyl or cyclic N) is 1. The molecule has 2 aromatic carbocycles. The van der Waals surface area contributed by atoms with Gasteiger partial charge in [0, 0.05) is 37.3 Å². The van der Waals surface area contributed by atoms with Crippen LogP contribution in [0.15, 0.2) is 54.6 Å². The van der Waals surface area contributed by atoms with Gasteiger partial charge in [0.2, 0.25) is 0 Å². The maximum Gasteiger partial charge on any atom is 0.410 e. The number of likely N-dealkylation sites (tertiary alicyclic amines) is 1. The quantitative estimate of drug-likeness (QED) is 0.494. The van der Waals surface area contributed by atoms with Gasteiger partial charge in [0.1, 0.15) is 6.61 Å². The topological polar surface area (TPSA) is 62.2 Å². The largest absolute Gasteiger partial charge is 0.445 e. The number of carbonyl (C=O) groups excluding carboxylic acids is 1. The van der Waals surface area contributed by atoms with Crippen molar-refractivity contribution in [2.75, 3.05) is 37.7 Å². The second-order valence-corrected chi connectivity index (χ2v) is 16.7. The summed E-state index contributed by atoms with van der Waals surface area (Å²) in [5, 5.41) is 11.0. The number of benzene rings is 2. The summed E-state index contributed by atoms with van der Waals surface area (Å²) in [7, 11) is -1.91. The number of ether oxygens (including phenoxy) is 1. The minimum absolute atomic E-state index is 0.00713. The Kier molecular flexibility index (Phi) is 7.83. The molecule has 4 rings (SSSR count). The monoisotopic (exact) mass is 510 g/mol. The standard InChI is InChI=1S/C29H42N2O4Si/c1-28(2,3)36(4,5)35-21-24(32)19-31-22-29(25-13-9-10-14-26(25)31)15-17-30(18-16-29)27(33)34-20-23-11-7-6-8-12-23/h6-14,24,32H,15-22H2,1-5H3/t24-/m1/s1. The Morgan fingerprint density at radius 1 is 1.06 bits per heavy atom. The SMILES string of the molecule is CC(C)(C)[Si](C)(C)OC[C@H](O)CN1CC2(CCN(C(=O)OCc3ccccc3)CC2)c2ccccc21. The van der Waals surface area contributed by atoms with Gasteiger partial charge < -0.3 is 24.1 Å². The Bertz CT molecular complexity index is 1030. The van der Waals surface area contributed by atoms with E-state index in [4.69, 9.17) is 9.16 Å². The zero-order valence-electron chi connectivity index (χ0n) is 22.5. The molecule has 0 bridgehead atoms. The highest BCUT2D eigenvalue weighted by atomic mass is 28.4. The predicted octanol–water partition coefficient (Wildman–Crippen LogP) is 5.56. The fourth-order valence-electron chi connectivity index (χ4n) is 5.08. The average Bonchev–Trinajstić information content (AvgIpc) is 3.14. The molecule has 2 aromatic rings. The molecule has 196 valence electrons. The van der Waals surface area contributed by atoms with Gasteiger partial charge in [-0.3, -0.25) is 0 Å². The van der Waals surface area contributed by atoms with Crippen LogP contribution >= 0.6 is 0 Å². The van der Waals surface area contributed by atoms with Crippen LogP contribution in [-0.4, -0.2) is 63.3 Å². The van der Waals surface area contributed by atoms with Gasteiger partial charge in [-0.05, 0) is 48.2 Å². The predicted molar refractivity (Wildman–Crippen MR) is 147 cm³/mol. The van der Waals surface area contributed by atoms with Gasteiger partial charge in [0.05, 0.1) is 12.7 Å². The fourth-order valence-corrected chi connectivity index (χ4v) is 6.12. The lowest BCUT2D eigenvalue weighted by Crippen LogP contribution is -2.48. The Labute approximate surface area is 217 Å². The summed E-state index contributed by atoms with van der Waals surface area (Å²) in [5.74, 6) is 0. The van der Waals surface area contributed by atoms with Crippen LogP contribution in [0.1, 0.15) is 44.7 Å². The lowest BCUT2D eigenvalue weighted by Gasteiger charge is -2.40. The Hall–Kier alpha value is -2.35. The summed E-state index contributed by atoms with van der Waals surface area (Å²) in [6, 6.07) is 18.3. The first-order chi connectivity index (χ1) is 17.0. The third-order valence-electron chi connectivity index (χ3n) is 8.37. The van der Waals surface area contributed by atoms with Gasteiger partial charge in [0.15, 0.2) is 8.32 Å². The van der Waals surface area contributed by atoms with Crippen molar-refractivity contribution in [1.29, 1.82) is 0 Å². The molecule has 36 heavy (non-hydrogen) atoms. The number of anilines is 1. The highest BCUT2D eigenvalue weighted by molar-refractivity contribution is 6.74. The van der Waals surface area contributed by atoms with Gasteiger partial charge in [-0.1, -0.05) is 69.3 Å². The number of carbonyl (C=O) groups is 1. The van der Waals surface area contributed by atoms with Gasteiger partial charge in [0.25, 0.3) is 0 Å². The number of nitrogens with zero attached hydrogens (tertiary/aromatic N) is 2. The van der Waals surface area contributed by atoms with Crippen LogP contribution in [-0.2, 0) is 21.2 Å². The van der Waals surface area contributed by atoms with E-state index < -0.39 is 14.4 Å². The van der Waals surface area contributed by atoms with Crippen molar-refractivity contribution in [1.82, 2.24) is 4.90 Å². The van der Waals surface area contributed by atoms with Crippen LogP contribution in [0.2, 0.25) is 18.1 Å². The molecule has 0 saturated carbocycles. The van der Waals surface area contributed by atoms with Crippen molar-refractivity contribution in [3.8, 4) is 0 Å². The van der Waals surface area contributed by atoms with E-state index in [1.807, 2.05) is 35.2 Å². The fraction of sp³-hybridized carbons (Fsp3) is 0.552. The second kappa shape index (κ2) is 10.6. The molecule has 1 atom stereocenters. The van der Waals surface area contributed by atoms with Crippen molar-refractivity contribution in [3.63, 3.8) is 0 Å². The Balaban J connectivity index is 1.35. The molecule has 6 nitrogen and oxygen atoms in total. The van der Waals surface area contributed by atoms with Gasteiger partial charge in [-0.2, -0.15) is 0 Å². The van der Waals surface area contributed by atoms with Gasteiger partial charge >= 0.3 is 6.09 Å². The Morgan fingerprint density at radius 2 is 1.69 bits per heavy atom. The highest BCUT2D eigenvalue weighted by Gasteiger charge is 2.46. The van der Waals surface area contributed by atoms with E-state index in [-0.39, 0.29) is 16.5 Å². The first-order valence-electron chi connectivity index (χ1n) is 13.1. The zero-order chi connectivity index (χ0) is 26.0. The van der Waals surface area contributed by atoms with Crippen LogP contribution in [0.4, 0.5) is 10.5 Å². The second-order valence-electron chi connectivity index (χ2n) is 11.9. The van der Waals surface area contributed by atoms with E-state index in [1.54, 1.807) is 0 Å². The number of aliphatic hydroxyl groups is 1. The number of hydrogen-bond acceptors (Lipinski definition) is 5. The first-order valence-corrected chi connectivity index (χ1v) is 16.0. The van der Waals surface area contributed by atoms with Crippen LogP contribution in [0.3, 0.4) is 0 Å². The summed E-state index contributed by atoms with van der Waals surface area (Å²) in [6.45, 7) is 14.5.